The number of hydrogen-bond acceptors (Lipinski definition) is 5. The molecule has 1 atom stereocenters. The van der Waals surface area contributed by atoms with Crippen molar-refractivity contribution in [3.05, 3.63) is 89.2 Å². The summed E-state index contributed by atoms with van der Waals surface area (Å²) < 4.78 is 4.08. The second-order valence-corrected chi connectivity index (χ2v) is 10.1. The molecule has 0 bridgehead atoms. The quantitative estimate of drug-likeness (QED) is 0.327. The Hall–Kier alpha value is -4.17. The number of likely N-dealkylation sites (tertiary alicyclic amines) is 1. The molecule has 5 aromatic rings. The van der Waals surface area contributed by atoms with Gasteiger partial charge in [0.15, 0.2) is 5.82 Å². The molecule has 8 nitrogen and oxygen atoms in total. The van der Waals surface area contributed by atoms with Gasteiger partial charge < -0.3 is 16.0 Å². The van der Waals surface area contributed by atoms with Gasteiger partial charge in [0.05, 0.1) is 5.52 Å². The number of nitrogens with two attached hydrogens (primary N) is 1. The molecule has 2 aromatic carbocycles. The monoisotopic (exact) mass is 507 g/mol. The smallest absolute Gasteiger partial charge is 0.254 e. The van der Waals surface area contributed by atoms with E-state index in [1.54, 1.807) is 6.07 Å². The predicted molar refractivity (Wildman–Crippen MR) is 151 cm³/mol. The van der Waals surface area contributed by atoms with Gasteiger partial charge in [-0.15, -0.1) is 5.10 Å². The molecule has 0 saturated carbocycles. The number of nitrogens with one attached hydrogen (secondary N) is 1. The van der Waals surface area contributed by atoms with Crippen LogP contribution in [0.25, 0.3) is 22.4 Å². The minimum atomic E-state index is -0.445. The summed E-state index contributed by atoms with van der Waals surface area (Å²) in [6.45, 7) is 8.12. The van der Waals surface area contributed by atoms with Crippen molar-refractivity contribution in [2.75, 3.05) is 25.0 Å². The molecule has 1 fully saturated rings. The summed E-state index contributed by atoms with van der Waals surface area (Å²) >= 11 is 0. The highest BCUT2D eigenvalue weighted by atomic mass is 16.1. The molecule has 0 radical (unpaired) electrons. The normalized spacial score (nSPS) is 16.3. The zero-order valence-corrected chi connectivity index (χ0v) is 21.9. The van der Waals surface area contributed by atoms with Gasteiger partial charge in [-0.25, -0.2) is 4.52 Å². The van der Waals surface area contributed by atoms with Gasteiger partial charge in [-0.1, -0.05) is 43.3 Å². The van der Waals surface area contributed by atoms with Gasteiger partial charge in [-0.05, 0) is 68.8 Å². The van der Waals surface area contributed by atoms with Crippen molar-refractivity contribution in [1.82, 2.24) is 24.1 Å². The van der Waals surface area contributed by atoms with E-state index in [-0.39, 0.29) is 0 Å². The SMILES string of the molecule is CCN1CCCC(c2ccc3c(NCc4ccccc4)nc(-n4c(C)cc5c(C(N)=O)cccc54)nn23)C1. The molecule has 1 amide bonds. The van der Waals surface area contributed by atoms with Crippen LogP contribution in [0.2, 0.25) is 0 Å². The van der Waals surface area contributed by atoms with Crippen LogP contribution in [0.1, 0.15) is 53.0 Å². The fraction of sp³-hybridized carbons (Fsp3) is 0.300. The summed E-state index contributed by atoms with van der Waals surface area (Å²) in [6.07, 6.45) is 2.32. The zero-order chi connectivity index (χ0) is 26.2. The maximum atomic E-state index is 12.1. The van der Waals surface area contributed by atoms with Crippen LogP contribution >= 0.6 is 0 Å². The number of carbonyl (C=O) groups is 1. The predicted octanol–water partition coefficient (Wildman–Crippen LogP) is 4.89. The molecule has 1 aliphatic heterocycles. The van der Waals surface area contributed by atoms with Gasteiger partial charge in [0.2, 0.25) is 5.91 Å². The highest BCUT2D eigenvalue weighted by Crippen LogP contribution is 2.31. The van der Waals surface area contributed by atoms with E-state index in [9.17, 15) is 4.79 Å². The van der Waals surface area contributed by atoms with E-state index in [4.69, 9.17) is 15.8 Å². The average Bonchev–Trinajstić information content (AvgIpc) is 3.52. The van der Waals surface area contributed by atoms with Crippen molar-refractivity contribution < 1.29 is 4.79 Å². The van der Waals surface area contributed by atoms with Gasteiger partial charge >= 0.3 is 0 Å². The lowest BCUT2D eigenvalue weighted by molar-refractivity contribution is 0.100. The van der Waals surface area contributed by atoms with Crippen LogP contribution in [-0.4, -0.2) is 49.6 Å². The van der Waals surface area contributed by atoms with Crippen molar-refractivity contribution in [3.8, 4) is 5.95 Å². The first-order valence-electron chi connectivity index (χ1n) is 13.3. The number of aromatic nitrogens is 4. The van der Waals surface area contributed by atoms with Gasteiger partial charge in [0, 0.05) is 41.3 Å². The number of amides is 1. The number of benzene rings is 2. The minimum Gasteiger partial charge on any atom is -0.366 e. The topological polar surface area (TPSA) is 93.5 Å². The van der Waals surface area contributed by atoms with Crippen molar-refractivity contribution in [3.63, 3.8) is 0 Å². The fourth-order valence-electron chi connectivity index (χ4n) is 5.75. The van der Waals surface area contributed by atoms with Crippen LogP contribution in [0.3, 0.4) is 0 Å². The molecule has 0 spiro atoms. The number of aryl methyl sites for hydroxylation is 1. The van der Waals surface area contributed by atoms with Crippen LogP contribution in [0.5, 0.6) is 0 Å². The molecule has 1 unspecified atom stereocenters. The van der Waals surface area contributed by atoms with Crippen LogP contribution in [-0.2, 0) is 6.54 Å². The molecule has 3 aromatic heterocycles. The van der Waals surface area contributed by atoms with Crippen molar-refractivity contribution in [2.45, 2.75) is 39.2 Å². The second kappa shape index (κ2) is 9.95. The van der Waals surface area contributed by atoms with Crippen LogP contribution < -0.4 is 11.1 Å². The van der Waals surface area contributed by atoms with Crippen LogP contribution in [0.15, 0.2) is 66.7 Å². The summed E-state index contributed by atoms with van der Waals surface area (Å²) in [5, 5.41) is 9.47. The first-order chi connectivity index (χ1) is 18.5. The summed E-state index contributed by atoms with van der Waals surface area (Å²) in [6, 6.07) is 22.2. The lowest BCUT2D eigenvalue weighted by atomic mass is 9.95. The lowest BCUT2D eigenvalue weighted by Crippen LogP contribution is -2.34. The van der Waals surface area contributed by atoms with E-state index in [2.05, 4.69) is 45.9 Å². The summed E-state index contributed by atoms with van der Waals surface area (Å²) in [7, 11) is 0. The van der Waals surface area contributed by atoms with Gasteiger partial charge in [-0.2, -0.15) is 4.98 Å². The number of anilines is 1. The minimum absolute atomic E-state index is 0.403. The Morgan fingerprint density at radius 2 is 1.92 bits per heavy atom. The molecular formula is C30H33N7O. The molecule has 1 saturated heterocycles. The van der Waals surface area contributed by atoms with E-state index in [0.29, 0.717) is 24.0 Å². The Morgan fingerprint density at radius 3 is 2.71 bits per heavy atom. The molecule has 3 N–H and O–H groups in total. The fourth-order valence-corrected chi connectivity index (χ4v) is 5.75. The van der Waals surface area contributed by atoms with E-state index in [0.717, 1.165) is 54.0 Å². The Labute approximate surface area is 222 Å². The lowest BCUT2D eigenvalue weighted by Gasteiger charge is -2.31. The van der Waals surface area contributed by atoms with E-state index in [1.807, 2.05) is 47.9 Å². The Morgan fingerprint density at radius 1 is 1.08 bits per heavy atom. The standard InChI is InChI=1S/C30H33N7O/c1-3-35-16-8-11-22(19-35)25-14-15-27-29(32-18-21-9-5-4-6-10-21)33-30(34-37(25)27)36-20(2)17-24-23(28(31)38)12-7-13-26(24)36/h4-7,9-10,12-15,17,22H,3,8,11,16,18-19H2,1-2H3,(H2,31,38)(H,32,33,34). The Balaban J connectivity index is 1.51. The molecule has 0 aliphatic carbocycles. The number of rotatable bonds is 7. The molecular weight excluding hydrogens is 474 g/mol. The van der Waals surface area contributed by atoms with E-state index >= 15 is 0 Å². The number of likely N-dealkylation sites (N-methyl/N-ethyl adjacent to an activating group) is 1. The number of primary amides is 1. The first kappa shape index (κ1) is 24.2. The highest BCUT2D eigenvalue weighted by Gasteiger charge is 2.25. The number of fused-ring (bicyclic) bond motifs is 2. The highest BCUT2D eigenvalue weighted by molar-refractivity contribution is 6.06. The first-order valence-corrected chi connectivity index (χ1v) is 13.3. The summed E-state index contributed by atoms with van der Waals surface area (Å²) in [5.41, 5.74) is 11.3. The van der Waals surface area contributed by atoms with Crippen LogP contribution in [0, 0.1) is 6.92 Å². The molecule has 4 heterocycles. The van der Waals surface area contributed by atoms with E-state index in [1.165, 1.54) is 17.7 Å². The number of nitrogens with zero attached hydrogens (tertiary/aromatic N) is 5. The number of hydrogen-bond donors (Lipinski definition) is 2. The molecule has 194 valence electrons. The zero-order valence-electron chi connectivity index (χ0n) is 21.9. The van der Waals surface area contributed by atoms with Crippen LogP contribution in [0.4, 0.5) is 5.82 Å². The molecule has 38 heavy (non-hydrogen) atoms. The van der Waals surface area contributed by atoms with Gasteiger partial charge in [-0.3, -0.25) is 9.36 Å². The average molecular weight is 508 g/mol. The van der Waals surface area contributed by atoms with Crippen molar-refractivity contribution in [2.24, 2.45) is 5.73 Å². The second-order valence-electron chi connectivity index (χ2n) is 10.1. The van der Waals surface area contributed by atoms with Crippen molar-refractivity contribution in [1.29, 1.82) is 0 Å². The van der Waals surface area contributed by atoms with Crippen molar-refractivity contribution >= 4 is 28.1 Å². The van der Waals surface area contributed by atoms with Gasteiger partial charge in [0.1, 0.15) is 5.52 Å². The number of carbonyl (C=O) groups excluding carboxylic acids is 1. The third kappa shape index (κ3) is 4.31. The maximum absolute atomic E-state index is 12.1. The third-order valence-electron chi connectivity index (χ3n) is 7.70. The Kier molecular flexibility index (Phi) is 6.33. The number of piperidine rings is 1. The third-order valence-corrected chi connectivity index (χ3v) is 7.70. The summed E-state index contributed by atoms with van der Waals surface area (Å²) in [5.74, 6) is 1.29. The maximum Gasteiger partial charge on any atom is 0.254 e. The molecule has 6 rings (SSSR count). The Bertz CT molecular complexity index is 1620. The summed E-state index contributed by atoms with van der Waals surface area (Å²) in [4.78, 5) is 19.7. The molecule has 8 heteroatoms. The van der Waals surface area contributed by atoms with E-state index < -0.39 is 5.91 Å². The largest absolute Gasteiger partial charge is 0.366 e. The molecule has 1 aliphatic rings. The van der Waals surface area contributed by atoms with Gasteiger partial charge in [0.25, 0.3) is 5.95 Å².